The van der Waals surface area contributed by atoms with E-state index in [0.717, 1.165) is 36.5 Å². The molecule has 0 aliphatic carbocycles. The van der Waals surface area contributed by atoms with Gasteiger partial charge >= 0.3 is 0 Å². The van der Waals surface area contributed by atoms with Gasteiger partial charge in [0, 0.05) is 56.8 Å². The summed E-state index contributed by atoms with van der Waals surface area (Å²) in [4.78, 5) is 20.0. The van der Waals surface area contributed by atoms with E-state index in [0.29, 0.717) is 18.7 Å². The summed E-state index contributed by atoms with van der Waals surface area (Å²) in [5.74, 6) is -0.232. The smallest absolute Gasteiger partial charge is 0.236 e. The molecule has 1 saturated heterocycles. The number of carbonyl (C=O) groups excluding carboxylic acids is 1. The van der Waals surface area contributed by atoms with Crippen LogP contribution in [0.5, 0.6) is 0 Å². The van der Waals surface area contributed by atoms with Crippen LogP contribution in [0.25, 0.3) is 0 Å². The normalized spacial score (nSPS) is 16.0. The van der Waals surface area contributed by atoms with Crippen molar-refractivity contribution in [3.63, 3.8) is 0 Å². The Hall–Kier alpha value is -1.28. The lowest BCUT2D eigenvalue weighted by Crippen LogP contribution is -2.49. The third-order valence-corrected chi connectivity index (χ3v) is 6.23. The van der Waals surface area contributed by atoms with Crippen LogP contribution in [-0.4, -0.2) is 60.4 Å². The van der Waals surface area contributed by atoms with E-state index in [1.165, 1.54) is 10.9 Å². The third-order valence-electron chi connectivity index (χ3n) is 4.62. The Morgan fingerprint density at radius 3 is 2.50 bits per heavy atom. The highest BCUT2D eigenvalue weighted by atomic mass is 79.9. The summed E-state index contributed by atoms with van der Waals surface area (Å²) in [5, 5.41) is 0. The second-order valence-corrected chi connectivity index (χ2v) is 9.15. The molecule has 7 heteroatoms. The number of likely N-dealkylation sites (N-methyl/N-ethyl adjacent to an activating group) is 1. The Morgan fingerprint density at radius 1 is 1.15 bits per heavy atom. The Labute approximate surface area is 166 Å². The lowest BCUT2D eigenvalue weighted by molar-refractivity contribution is -0.132. The molecule has 1 fully saturated rings. The number of nitrogens with zero attached hydrogens (tertiary/aromatic N) is 3. The zero-order valence-electron chi connectivity index (χ0n) is 14.8. The van der Waals surface area contributed by atoms with Gasteiger partial charge in [-0.15, -0.1) is 11.3 Å². The summed E-state index contributed by atoms with van der Waals surface area (Å²) in [5.41, 5.74) is 0.551. The molecule has 0 N–H and O–H groups in total. The maximum atomic E-state index is 13.7. The molecule has 0 saturated carbocycles. The van der Waals surface area contributed by atoms with Gasteiger partial charge in [0.1, 0.15) is 5.82 Å². The van der Waals surface area contributed by atoms with Gasteiger partial charge in [0.05, 0.1) is 10.3 Å². The molecule has 2 aromatic rings. The SMILES string of the molecule is CN(Cc1ccccc1F)C(=O)CN1CCN(Cc2ccc(Br)s2)CC1. The van der Waals surface area contributed by atoms with Crippen molar-refractivity contribution in [1.29, 1.82) is 0 Å². The van der Waals surface area contributed by atoms with Crippen molar-refractivity contribution in [2.75, 3.05) is 39.8 Å². The van der Waals surface area contributed by atoms with Gasteiger partial charge in [0.2, 0.25) is 5.91 Å². The van der Waals surface area contributed by atoms with E-state index in [4.69, 9.17) is 0 Å². The largest absolute Gasteiger partial charge is 0.340 e. The first-order valence-electron chi connectivity index (χ1n) is 8.67. The van der Waals surface area contributed by atoms with Gasteiger partial charge in [-0.25, -0.2) is 4.39 Å². The highest BCUT2D eigenvalue weighted by Gasteiger charge is 2.21. The topological polar surface area (TPSA) is 26.8 Å². The lowest BCUT2D eigenvalue weighted by Gasteiger charge is -2.34. The molecular weight excluding hydrogens is 417 g/mol. The molecule has 0 atom stereocenters. The van der Waals surface area contributed by atoms with Gasteiger partial charge in [0.15, 0.2) is 0 Å². The fourth-order valence-corrected chi connectivity index (χ4v) is 4.57. The number of piperazine rings is 1. The lowest BCUT2D eigenvalue weighted by atomic mass is 10.2. The van der Waals surface area contributed by atoms with Crippen molar-refractivity contribution in [3.05, 3.63) is 56.4 Å². The number of halogens is 2. The predicted octanol–water partition coefficient (Wildman–Crippen LogP) is 3.43. The average molecular weight is 440 g/mol. The van der Waals surface area contributed by atoms with Crippen LogP contribution in [0.3, 0.4) is 0 Å². The quantitative estimate of drug-likeness (QED) is 0.689. The van der Waals surface area contributed by atoms with Crippen LogP contribution in [0.4, 0.5) is 4.39 Å². The van der Waals surface area contributed by atoms with Crippen molar-refractivity contribution in [1.82, 2.24) is 14.7 Å². The molecule has 1 aliphatic rings. The Balaban J connectivity index is 1.43. The maximum Gasteiger partial charge on any atom is 0.236 e. The van der Waals surface area contributed by atoms with Crippen molar-refractivity contribution in [2.45, 2.75) is 13.1 Å². The molecule has 1 aromatic carbocycles. The van der Waals surface area contributed by atoms with Crippen molar-refractivity contribution < 1.29 is 9.18 Å². The summed E-state index contributed by atoms with van der Waals surface area (Å²) in [6, 6.07) is 10.8. The van der Waals surface area contributed by atoms with Crippen molar-refractivity contribution in [2.24, 2.45) is 0 Å². The van der Waals surface area contributed by atoms with Crippen LogP contribution in [0.1, 0.15) is 10.4 Å². The number of hydrogen-bond acceptors (Lipinski definition) is 4. The van der Waals surface area contributed by atoms with Gasteiger partial charge in [-0.05, 0) is 34.1 Å². The fourth-order valence-electron chi connectivity index (χ4n) is 3.04. The average Bonchev–Trinajstić information content (AvgIpc) is 3.03. The summed E-state index contributed by atoms with van der Waals surface area (Å²) >= 11 is 5.27. The first-order chi connectivity index (χ1) is 12.5. The third kappa shape index (κ3) is 5.36. The van der Waals surface area contributed by atoms with E-state index < -0.39 is 0 Å². The van der Waals surface area contributed by atoms with E-state index in [-0.39, 0.29) is 11.7 Å². The maximum absolute atomic E-state index is 13.7. The summed E-state index contributed by atoms with van der Waals surface area (Å²) in [7, 11) is 1.74. The first-order valence-corrected chi connectivity index (χ1v) is 10.3. The number of carbonyl (C=O) groups is 1. The van der Waals surface area contributed by atoms with Crippen LogP contribution < -0.4 is 0 Å². The number of hydrogen-bond donors (Lipinski definition) is 0. The zero-order valence-corrected chi connectivity index (χ0v) is 17.2. The first kappa shape index (κ1) is 19.5. The molecule has 0 unspecified atom stereocenters. The Kier molecular flexibility index (Phi) is 6.80. The molecule has 3 rings (SSSR count). The molecule has 140 valence electrons. The second-order valence-electron chi connectivity index (χ2n) is 6.60. The van der Waals surface area contributed by atoms with Crippen molar-refractivity contribution >= 4 is 33.2 Å². The van der Waals surface area contributed by atoms with E-state index in [2.05, 4.69) is 37.9 Å². The minimum absolute atomic E-state index is 0.0314. The van der Waals surface area contributed by atoms with E-state index >= 15 is 0 Å². The van der Waals surface area contributed by atoms with Crippen LogP contribution in [0.15, 0.2) is 40.2 Å². The Bertz CT molecular complexity index is 746. The van der Waals surface area contributed by atoms with Gasteiger partial charge in [0.25, 0.3) is 0 Å². The standard InChI is InChI=1S/C19H23BrFN3OS/c1-22(12-15-4-2-3-5-17(15)21)19(25)14-24-10-8-23(9-11-24)13-16-6-7-18(20)26-16/h2-7H,8-14H2,1H3. The highest BCUT2D eigenvalue weighted by molar-refractivity contribution is 9.11. The molecule has 1 aromatic heterocycles. The molecule has 1 aliphatic heterocycles. The molecule has 0 bridgehead atoms. The van der Waals surface area contributed by atoms with Crippen molar-refractivity contribution in [3.8, 4) is 0 Å². The molecular formula is C19H23BrFN3OS. The molecule has 4 nitrogen and oxygen atoms in total. The van der Waals surface area contributed by atoms with E-state index in [9.17, 15) is 9.18 Å². The summed E-state index contributed by atoms with van der Waals surface area (Å²) in [6.45, 7) is 5.34. The van der Waals surface area contributed by atoms with Crippen LogP contribution in [0.2, 0.25) is 0 Å². The Morgan fingerprint density at radius 2 is 1.85 bits per heavy atom. The number of rotatable bonds is 6. The molecule has 0 radical (unpaired) electrons. The van der Waals surface area contributed by atoms with Gasteiger partial charge in [-0.2, -0.15) is 0 Å². The molecule has 26 heavy (non-hydrogen) atoms. The van der Waals surface area contributed by atoms with Crippen LogP contribution >= 0.6 is 27.3 Å². The minimum Gasteiger partial charge on any atom is -0.340 e. The molecule has 2 heterocycles. The molecule has 0 spiro atoms. The minimum atomic E-state index is -0.263. The number of amides is 1. The van der Waals surface area contributed by atoms with Crippen LogP contribution in [0, 0.1) is 5.82 Å². The summed E-state index contributed by atoms with van der Waals surface area (Å²) < 4.78 is 14.9. The predicted molar refractivity (Wildman–Crippen MR) is 107 cm³/mol. The highest BCUT2D eigenvalue weighted by Crippen LogP contribution is 2.23. The summed E-state index contributed by atoms with van der Waals surface area (Å²) in [6.07, 6.45) is 0. The number of benzene rings is 1. The zero-order chi connectivity index (χ0) is 18.5. The van der Waals surface area contributed by atoms with E-state index in [1.807, 2.05) is 0 Å². The van der Waals surface area contributed by atoms with E-state index in [1.54, 1.807) is 41.5 Å². The fraction of sp³-hybridized carbons (Fsp3) is 0.421. The van der Waals surface area contributed by atoms with Gasteiger partial charge < -0.3 is 4.90 Å². The van der Waals surface area contributed by atoms with Gasteiger partial charge in [-0.3, -0.25) is 14.6 Å². The van der Waals surface area contributed by atoms with Crippen LogP contribution in [-0.2, 0) is 17.9 Å². The molecule has 1 amide bonds. The van der Waals surface area contributed by atoms with Gasteiger partial charge in [-0.1, -0.05) is 18.2 Å². The second kappa shape index (κ2) is 9.08. The number of thiophene rings is 1. The monoisotopic (exact) mass is 439 g/mol.